The zero-order valence-electron chi connectivity index (χ0n) is 16.5. The molecule has 2 aromatic carbocycles. The topological polar surface area (TPSA) is 69.0 Å². The van der Waals surface area contributed by atoms with E-state index in [1.54, 1.807) is 7.11 Å². The van der Waals surface area contributed by atoms with Crippen LogP contribution in [-0.4, -0.2) is 33.0 Å². The van der Waals surface area contributed by atoms with Crippen LogP contribution in [0.5, 0.6) is 5.75 Å². The number of benzene rings is 2. The molecule has 1 aliphatic carbocycles. The molecule has 1 saturated carbocycles. The summed E-state index contributed by atoms with van der Waals surface area (Å²) in [7, 11) is 1.64. The van der Waals surface area contributed by atoms with Crippen LogP contribution in [0.15, 0.2) is 59.8 Å². The summed E-state index contributed by atoms with van der Waals surface area (Å²) in [6, 6.07) is 17.7. The van der Waals surface area contributed by atoms with Gasteiger partial charge >= 0.3 is 0 Å². The summed E-state index contributed by atoms with van der Waals surface area (Å²) in [5.41, 5.74) is 2.03. The van der Waals surface area contributed by atoms with Crippen molar-refractivity contribution in [3.05, 3.63) is 66.0 Å². The first-order valence-corrected chi connectivity index (χ1v) is 10.6. The summed E-state index contributed by atoms with van der Waals surface area (Å²) in [5, 5.41) is 8.01. The summed E-state index contributed by atoms with van der Waals surface area (Å²) in [4.78, 5) is 17.3. The van der Waals surface area contributed by atoms with Crippen molar-refractivity contribution in [1.82, 2.24) is 20.1 Å². The molecule has 0 saturated heterocycles. The minimum atomic E-state index is -0.285. The highest BCUT2D eigenvalue weighted by atomic mass is 32.2. The van der Waals surface area contributed by atoms with E-state index < -0.39 is 0 Å². The molecule has 3 aromatic rings. The number of amides is 1. The first-order chi connectivity index (χ1) is 14.1. The molecule has 1 N–H and O–H groups in total. The quantitative estimate of drug-likeness (QED) is 0.572. The van der Waals surface area contributed by atoms with Crippen molar-refractivity contribution in [2.24, 2.45) is 0 Å². The number of para-hydroxylation sites is 1. The van der Waals surface area contributed by atoms with Gasteiger partial charge in [-0.2, -0.15) is 0 Å². The minimum absolute atomic E-state index is 0.0325. The number of carbonyl (C=O) groups is 1. The molecule has 0 spiro atoms. The Kier molecular flexibility index (Phi) is 5.85. The van der Waals surface area contributed by atoms with Crippen LogP contribution in [0, 0.1) is 0 Å². The molecule has 1 amide bonds. The Bertz CT molecular complexity index is 968. The third-order valence-electron chi connectivity index (χ3n) is 4.83. The average molecular weight is 409 g/mol. The molecule has 0 bridgehead atoms. The fraction of sp³-hybridized carbons (Fsp3) is 0.318. The van der Waals surface area contributed by atoms with Crippen molar-refractivity contribution in [1.29, 1.82) is 0 Å². The molecule has 1 atom stereocenters. The Labute approximate surface area is 174 Å². The molecule has 1 aliphatic rings. The Morgan fingerprint density at radius 2 is 1.93 bits per heavy atom. The van der Waals surface area contributed by atoms with Crippen LogP contribution in [0.1, 0.15) is 37.1 Å². The van der Waals surface area contributed by atoms with Crippen LogP contribution < -0.4 is 10.1 Å². The molecule has 0 unspecified atom stereocenters. The van der Waals surface area contributed by atoms with Gasteiger partial charge in [0.15, 0.2) is 0 Å². The van der Waals surface area contributed by atoms with Crippen molar-refractivity contribution in [2.75, 3.05) is 7.11 Å². The highest BCUT2D eigenvalue weighted by molar-refractivity contribution is 8.00. The summed E-state index contributed by atoms with van der Waals surface area (Å²) >= 11 is 1.39. The minimum Gasteiger partial charge on any atom is -0.497 e. The van der Waals surface area contributed by atoms with Gasteiger partial charge < -0.3 is 10.1 Å². The third-order valence-corrected chi connectivity index (χ3v) is 5.78. The van der Waals surface area contributed by atoms with Crippen molar-refractivity contribution < 1.29 is 9.53 Å². The molecule has 1 aromatic heterocycles. The normalized spacial score (nSPS) is 14.4. The Morgan fingerprint density at radius 3 is 2.59 bits per heavy atom. The summed E-state index contributed by atoms with van der Waals surface area (Å²) in [6.45, 7) is 2.36. The largest absolute Gasteiger partial charge is 0.497 e. The van der Waals surface area contributed by atoms with Gasteiger partial charge in [0.1, 0.15) is 11.6 Å². The molecule has 7 heteroatoms. The van der Waals surface area contributed by atoms with Crippen LogP contribution in [0.4, 0.5) is 0 Å². The van der Waals surface area contributed by atoms with Crippen molar-refractivity contribution in [3.8, 4) is 11.4 Å². The fourth-order valence-corrected chi connectivity index (χ4v) is 3.79. The molecular weight excluding hydrogens is 384 g/mol. The first kappa shape index (κ1) is 19.5. The van der Waals surface area contributed by atoms with E-state index >= 15 is 0 Å². The summed E-state index contributed by atoms with van der Waals surface area (Å²) < 4.78 is 7.08. The lowest BCUT2D eigenvalue weighted by atomic mass is 10.2. The van der Waals surface area contributed by atoms with E-state index in [9.17, 15) is 4.79 Å². The lowest BCUT2D eigenvalue weighted by Gasteiger charge is -2.10. The number of methoxy groups -OCH3 is 1. The van der Waals surface area contributed by atoms with Crippen molar-refractivity contribution >= 4 is 17.7 Å². The number of rotatable bonds is 8. The SMILES string of the molecule is COc1ccc(CNC(=O)[C@H](C)Sc2nc(C3CC3)n(-c3ccccc3)n2)cc1. The van der Waals surface area contributed by atoms with E-state index in [0.717, 1.165) is 35.7 Å². The van der Waals surface area contributed by atoms with Crippen molar-refractivity contribution in [3.63, 3.8) is 0 Å². The zero-order chi connectivity index (χ0) is 20.2. The van der Waals surface area contributed by atoms with E-state index in [0.29, 0.717) is 17.6 Å². The number of nitrogens with one attached hydrogen (secondary N) is 1. The maximum atomic E-state index is 12.5. The predicted molar refractivity (Wildman–Crippen MR) is 113 cm³/mol. The number of nitrogens with zero attached hydrogens (tertiary/aromatic N) is 3. The van der Waals surface area contributed by atoms with Gasteiger partial charge in [0.25, 0.3) is 0 Å². The lowest BCUT2D eigenvalue weighted by molar-refractivity contribution is -0.120. The molecule has 29 heavy (non-hydrogen) atoms. The Balaban J connectivity index is 1.39. The van der Waals surface area contributed by atoms with Gasteiger partial charge in [0, 0.05) is 12.5 Å². The second kappa shape index (κ2) is 8.69. The van der Waals surface area contributed by atoms with E-state index in [-0.39, 0.29) is 11.2 Å². The van der Waals surface area contributed by atoms with Gasteiger partial charge in [-0.05, 0) is 49.6 Å². The second-order valence-electron chi connectivity index (χ2n) is 7.10. The van der Waals surface area contributed by atoms with Gasteiger partial charge in [-0.15, -0.1) is 5.10 Å². The standard InChI is InChI=1S/C22H24N4O2S/c1-15(21(27)23-14-16-8-12-19(28-2)13-9-16)29-22-24-20(17-10-11-17)26(25-22)18-6-4-3-5-7-18/h3-9,12-13,15,17H,10-11,14H2,1-2H3,(H,23,27)/t15-/m0/s1. The molecule has 6 nitrogen and oxygen atoms in total. The fourth-order valence-electron chi connectivity index (χ4n) is 3.01. The number of hydrogen-bond donors (Lipinski definition) is 1. The van der Waals surface area contributed by atoms with Gasteiger partial charge in [-0.25, -0.2) is 9.67 Å². The Morgan fingerprint density at radius 1 is 1.21 bits per heavy atom. The van der Waals surface area contributed by atoms with Crippen LogP contribution in [-0.2, 0) is 11.3 Å². The molecular formula is C22H24N4O2S. The van der Waals surface area contributed by atoms with Crippen LogP contribution in [0.2, 0.25) is 0 Å². The molecule has 0 aliphatic heterocycles. The van der Waals surface area contributed by atoms with E-state index in [4.69, 9.17) is 9.72 Å². The average Bonchev–Trinajstić information content (AvgIpc) is 3.53. The lowest BCUT2D eigenvalue weighted by Crippen LogP contribution is -2.30. The molecule has 0 radical (unpaired) electrons. The maximum absolute atomic E-state index is 12.5. The number of carbonyl (C=O) groups excluding carboxylic acids is 1. The number of hydrogen-bond acceptors (Lipinski definition) is 5. The highest BCUT2D eigenvalue weighted by Gasteiger charge is 2.31. The molecule has 4 rings (SSSR count). The number of ether oxygens (including phenoxy) is 1. The van der Waals surface area contributed by atoms with Gasteiger partial charge in [0.05, 0.1) is 18.0 Å². The van der Waals surface area contributed by atoms with Crippen LogP contribution in [0.25, 0.3) is 5.69 Å². The molecule has 150 valence electrons. The zero-order valence-corrected chi connectivity index (χ0v) is 17.4. The van der Waals surface area contributed by atoms with E-state index in [1.165, 1.54) is 11.8 Å². The maximum Gasteiger partial charge on any atom is 0.233 e. The third kappa shape index (κ3) is 4.79. The number of aromatic nitrogens is 3. The second-order valence-corrected chi connectivity index (χ2v) is 8.41. The highest BCUT2D eigenvalue weighted by Crippen LogP contribution is 2.40. The van der Waals surface area contributed by atoms with Gasteiger partial charge in [-0.3, -0.25) is 4.79 Å². The van der Waals surface area contributed by atoms with Crippen LogP contribution >= 0.6 is 11.8 Å². The monoisotopic (exact) mass is 408 g/mol. The van der Waals surface area contributed by atoms with Gasteiger partial charge in [0.2, 0.25) is 11.1 Å². The smallest absolute Gasteiger partial charge is 0.233 e. The van der Waals surface area contributed by atoms with Crippen molar-refractivity contribution in [2.45, 2.75) is 42.6 Å². The molecule has 1 fully saturated rings. The molecule has 1 heterocycles. The summed E-state index contributed by atoms with van der Waals surface area (Å²) in [6.07, 6.45) is 2.29. The van der Waals surface area contributed by atoms with E-state index in [1.807, 2.05) is 66.2 Å². The predicted octanol–water partition coefficient (Wildman–Crippen LogP) is 3.95. The van der Waals surface area contributed by atoms with Gasteiger partial charge in [-0.1, -0.05) is 42.1 Å². The first-order valence-electron chi connectivity index (χ1n) is 9.73. The Hall–Kier alpha value is -2.80. The number of thioether (sulfide) groups is 1. The van der Waals surface area contributed by atoms with Crippen LogP contribution in [0.3, 0.4) is 0 Å². The summed E-state index contributed by atoms with van der Waals surface area (Å²) in [5.74, 6) is 2.23. The van der Waals surface area contributed by atoms with E-state index in [2.05, 4.69) is 10.4 Å².